The fourth-order valence-electron chi connectivity index (χ4n) is 5.28. The number of ether oxygens (including phenoxy) is 1. The molecule has 1 aromatic heterocycles. The number of benzene rings is 1. The van der Waals surface area contributed by atoms with Gasteiger partial charge in [-0.05, 0) is 67.3 Å². The summed E-state index contributed by atoms with van der Waals surface area (Å²) in [4.78, 5) is 21.9. The SMILES string of the molecule is O=C(Nc1ccc(OCF)c(N2CCC(F)(F)CC2)c1)c1cnc(SNCCO)cc1N1CCC2(CC1)CC2. The molecule has 3 N–H and O–H groups in total. The summed E-state index contributed by atoms with van der Waals surface area (Å²) < 4.78 is 48.6. The van der Waals surface area contributed by atoms with E-state index >= 15 is 0 Å². The first-order chi connectivity index (χ1) is 18.8. The van der Waals surface area contributed by atoms with E-state index in [1.165, 1.54) is 24.8 Å². The second-order valence-corrected chi connectivity index (χ2v) is 11.4. The van der Waals surface area contributed by atoms with Crippen molar-refractivity contribution in [1.82, 2.24) is 9.71 Å². The Hall–Kier alpha value is -2.70. The van der Waals surface area contributed by atoms with E-state index in [1.54, 1.807) is 29.3 Å². The second kappa shape index (κ2) is 11.8. The van der Waals surface area contributed by atoms with E-state index in [4.69, 9.17) is 9.84 Å². The lowest BCUT2D eigenvalue weighted by molar-refractivity contribution is -0.0221. The lowest BCUT2D eigenvalue weighted by Crippen LogP contribution is -2.39. The molecule has 212 valence electrons. The molecule has 1 aromatic carbocycles. The van der Waals surface area contributed by atoms with Gasteiger partial charge in [-0.2, -0.15) is 0 Å². The molecule has 1 saturated carbocycles. The molecular weight excluding hydrogens is 531 g/mol. The zero-order valence-electron chi connectivity index (χ0n) is 21.7. The van der Waals surface area contributed by atoms with Crippen molar-refractivity contribution in [2.24, 2.45) is 5.41 Å². The Labute approximate surface area is 230 Å². The zero-order chi connectivity index (χ0) is 27.5. The van der Waals surface area contributed by atoms with Crippen molar-refractivity contribution >= 4 is 34.9 Å². The molecular formula is C27H34F3N5O3S. The first kappa shape index (κ1) is 27.9. The number of alkyl halides is 3. The van der Waals surface area contributed by atoms with Gasteiger partial charge in [0.25, 0.3) is 11.8 Å². The number of amides is 1. The van der Waals surface area contributed by atoms with Crippen LogP contribution in [-0.4, -0.2) is 68.1 Å². The molecule has 2 aromatic rings. The highest BCUT2D eigenvalue weighted by Gasteiger charge is 2.44. The number of carbonyl (C=O) groups is 1. The first-order valence-corrected chi connectivity index (χ1v) is 14.2. The van der Waals surface area contributed by atoms with Crippen molar-refractivity contribution < 1.29 is 27.8 Å². The molecule has 1 aliphatic carbocycles. The fourth-order valence-corrected chi connectivity index (χ4v) is 5.90. The normalized spacial score (nSPS) is 19.7. The largest absolute Gasteiger partial charge is 0.461 e. The van der Waals surface area contributed by atoms with Gasteiger partial charge in [0.15, 0.2) is 0 Å². The van der Waals surface area contributed by atoms with Crippen molar-refractivity contribution in [2.45, 2.75) is 49.5 Å². The third-order valence-corrected chi connectivity index (χ3v) is 8.66. The number of nitrogens with one attached hydrogen (secondary N) is 2. The average Bonchev–Trinajstić information content (AvgIpc) is 3.69. The second-order valence-electron chi connectivity index (χ2n) is 10.5. The Balaban J connectivity index is 1.37. The summed E-state index contributed by atoms with van der Waals surface area (Å²) in [5.74, 6) is -2.83. The smallest absolute Gasteiger partial charge is 0.259 e. The highest BCUT2D eigenvalue weighted by molar-refractivity contribution is 7.97. The van der Waals surface area contributed by atoms with E-state index < -0.39 is 12.8 Å². The summed E-state index contributed by atoms with van der Waals surface area (Å²) in [5.41, 5.74) is 2.61. The van der Waals surface area contributed by atoms with E-state index in [-0.39, 0.29) is 44.2 Å². The number of aliphatic hydroxyl groups excluding tert-OH is 1. The minimum Gasteiger partial charge on any atom is -0.461 e. The van der Waals surface area contributed by atoms with Gasteiger partial charge in [-0.15, -0.1) is 0 Å². The molecule has 1 spiro atoms. The van der Waals surface area contributed by atoms with Crippen LogP contribution in [0.15, 0.2) is 35.5 Å². The minimum atomic E-state index is -2.72. The number of hydrogen-bond donors (Lipinski definition) is 3. The van der Waals surface area contributed by atoms with Crippen LogP contribution in [0.4, 0.5) is 30.2 Å². The number of halogens is 3. The zero-order valence-corrected chi connectivity index (χ0v) is 22.5. The van der Waals surface area contributed by atoms with E-state index in [0.717, 1.165) is 31.6 Å². The van der Waals surface area contributed by atoms with Crippen molar-refractivity contribution in [3.05, 3.63) is 36.0 Å². The number of pyridine rings is 1. The van der Waals surface area contributed by atoms with Gasteiger partial charge in [-0.25, -0.2) is 18.2 Å². The van der Waals surface area contributed by atoms with Crippen LogP contribution in [0.25, 0.3) is 0 Å². The Bertz CT molecular complexity index is 1160. The van der Waals surface area contributed by atoms with Crippen LogP contribution in [0, 0.1) is 5.41 Å². The van der Waals surface area contributed by atoms with Crippen LogP contribution in [-0.2, 0) is 0 Å². The first-order valence-electron chi connectivity index (χ1n) is 13.3. The van der Waals surface area contributed by atoms with Crippen LogP contribution in [0.2, 0.25) is 0 Å². The molecule has 0 radical (unpaired) electrons. The Kier molecular flexibility index (Phi) is 8.43. The Morgan fingerprint density at radius 1 is 1.03 bits per heavy atom. The number of carbonyl (C=O) groups excluding carboxylic acids is 1. The maximum Gasteiger partial charge on any atom is 0.259 e. The van der Waals surface area contributed by atoms with Crippen molar-refractivity contribution in [3.63, 3.8) is 0 Å². The third kappa shape index (κ3) is 6.72. The molecule has 2 saturated heterocycles. The van der Waals surface area contributed by atoms with Gasteiger partial charge in [0.05, 0.1) is 23.5 Å². The van der Waals surface area contributed by atoms with Gasteiger partial charge >= 0.3 is 0 Å². The molecule has 2 aliphatic heterocycles. The maximum absolute atomic E-state index is 13.7. The van der Waals surface area contributed by atoms with Gasteiger partial charge < -0.3 is 25.0 Å². The third-order valence-electron chi connectivity index (χ3n) is 7.88. The highest BCUT2D eigenvalue weighted by Crippen LogP contribution is 2.54. The summed E-state index contributed by atoms with van der Waals surface area (Å²) in [5, 5.41) is 12.7. The van der Waals surface area contributed by atoms with Crippen molar-refractivity contribution in [2.75, 3.05) is 61.3 Å². The van der Waals surface area contributed by atoms with Crippen LogP contribution >= 0.6 is 11.9 Å². The van der Waals surface area contributed by atoms with Gasteiger partial charge in [0.1, 0.15) is 10.8 Å². The topological polar surface area (TPSA) is 90.0 Å². The number of rotatable bonds is 10. The maximum atomic E-state index is 13.7. The predicted octanol–water partition coefficient (Wildman–Crippen LogP) is 4.84. The molecule has 3 fully saturated rings. The molecule has 39 heavy (non-hydrogen) atoms. The number of piperidine rings is 2. The van der Waals surface area contributed by atoms with Crippen LogP contribution < -0.4 is 24.6 Å². The molecule has 3 heterocycles. The lowest BCUT2D eigenvalue weighted by Gasteiger charge is -2.35. The molecule has 12 heteroatoms. The number of hydrogen-bond acceptors (Lipinski definition) is 8. The average molecular weight is 566 g/mol. The van der Waals surface area contributed by atoms with Gasteiger partial charge in [0, 0.05) is 57.4 Å². The fraction of sp³-hybridized carbons (Fsp3) is 0.556. The van der Waals surface area contributed by atoms with Crippen molar-refractivity contribution in [1.29, 1.82) is 0 Å². The summed E-state index contributed by atoms with van der Waals surface area (Å²) in [6.07, 6.45) is 5.69. The van der Waals surface area contributed by atoms with E-state index in [0.29, 0.717) is 33.9 Å². The van der Waals surface area contributed by atoms with E-state index in [9.17, 15) is 18.0 Å². The predicted molar refractivity (Wildman–Crippen MR) is 146 cm³/mol. The molecule has 0 bridgehead atoms. The molecule has 1 amide bonds. The molecule has 8 nitrogen and oxygen atoms in total. The molecule has 0 atom stereocenters. The minimum absolute atomic E-state index is 0.00551. The van der Waals surface area contributed by atoms with E-state index in [2.05, 4.69) is 19.9 Å². The van der Waals surface area contributed by atoms with Gasteiger partial charge in [-0.1, -0.05) is 0 Å². The lowest BCUT2D eigenvalue weighted by atomic mass is 9.93. The standard InChI is InChI=1S/C27H34F3N5O3S/c28-18-38-23-2-1-19(15-22(23)35-12-7-27(29,30)8-13-35)33-25(37)20-17-31-24(39-32-9-14-36)16-21(20)34-10-5-26(3-4-26)6-11-34/h1-2,15-17,32,36H,3-14,18H2,(H,33,37). The number of aliphatic hydroxyl groups is 1. The van der Waals surface area contributed by atoms with Crippen LogP contribution in [0.1, 0.15) is 48.9 Å². The van der Waals surface area contributed by atoms with Crippen LogP contribution in [0.5, 0.6) is 5.75 Å². The summed E-state index contributed by atoms with van der Waals surface area (Å²) in [7, 11) is 0. The molecule has 5 rings (SSSR count). The molecule has 0 unspecified atom stereocenters. The quantitative estimate of drug-likeness (QED) is 0.279. The Morgan fingerprint density at radius 3 is 2.38 bits per heavy atom. The van der Waals surface area contributed by atoms with Gasteiger partial charge in [-0.3, -0.25) is 9.52 Å². The number of anilines is 3. The highest BCUT2D eigenvalue weighted by atomic mass is 32.2. The summed E-state index contributed by atoms with van der Waals surface area (Å²) in [6, 6.07) is 6.69. The monoisotopic (exact) mass is 565 g/mol. The van der Waals surface area contributed by atoms with Crippen LogP contribution in [0.3, 0.4) is 0 Å². The van der Waals surface area contributed by atoms with Gasteiger partial charge in [0.2, 0.25) is 6.86 Å². The number of aromatic nitrogens is 1. The molecule has 3 aliphatic rings. The summed E-state index contributed by atoms with van der Waals surface area (Å²) >= 11 is 1.30. The number of nitrogens with zero attached hydrogens (tertiary/aromatic N) is 3. The Morgan fingerprint density at radius 2 is 1.72 bits per heavy atom. The van der Waals surface area contributed by atoms with E-state index in [1.807, 2.05) is 6.07 Å². The van der Waals surface area contributed by atoms with Crippen molar-refractivity contribution in [3.8, 4) is 5.75 Å². The summed E-state index contributed by atoms with van der Waals surface area (Å²) in [6.45, 7) is 1.28.